The van der Waals surface area contributed by atoms with Crippen molar-refractivity contribution in [3.05, 3.63) is 0 Å². The highest BCUT2D eigenvalue weighted by molar-refractivity contribution is 8.02. The largest absolute Gasteiger partial charge is 0.396 e. The Morgan fingerprint density at radius 3 is 2.57 bits per heavy atom. The number of carbonyl (C=O) groups excluding carboxylic acids is 3. The lowest BCUT2D eigenvalue weighted by Crippen LogP contribution is -2.55. The van der Waals surface area contributed by atoms with Gasteiger partial charge >= 0.3 is 0 Å². The summed E-state index contributed by atoms with van der Waals surface area (Å²) in [5, 5.41) is 15.2. The SMILES string of the molecule is CNC(=O)[C@H]1[C@H]2C(=O)N(CCCCO)C(C(=O)NC3CCCCC3)C23CC[C@]1(C)S3. The Kier molecular flexibility index (Phi) is 6.10. The highest BCUT2D eigenvalue weighted by Gasteiger charge is 2.76. The Hall–Kier alpha value is -1.28. The summed E-state index contributed by atoms with van der Waals surface area (Å²) in [5.74, 6) is -1.04. The summed E-state index contributed by atoms with van der Waals surface area (Å²) in [4.78, 5) is 41.8. The van der Waals surface area contributed by atoms with Gasteiger partial charge in [0, 0.05) is 31.0 Å². The first kappa shape index (κ1) is 21.9. The number of rotatable bonds is 7. The predicted molar refractivity (Wildman–Crippen MR) is 116 cm³/mol. The van der Waals surface area contributed by atoms with Crippen molar-refractivity contribution in [1.29, 1.82) is 0 Å². The maximum absolute atomic E-state index is 13.6. The molecule has 4 fully saturated rings. The van der Waals surface area contributed by atoms with E-state index in [4.69, 9.17) is 0 Å². The predicted octanol–water partition coefficient (Wildman–Crippen LogP) is 1.44. The highest BCUT2D eigenvalue weighted by atomic mass is 32.2. The van der Waals surface area contributed by atoms with Crippen LogP contribution in [-0.4, -0.2) is 69.5 Å². The average molecular weight is 438 g/mol. The van der Waals surface area contributed by atoms with Crippen LogP contribution in [0.4, 0.5) is 0 Å². The summed E-state index contributed by atoms with van der Waals surface area (Å²) >= 11 is 1.72. The summed E-state index contributed by atoms with van der Waals surface area (Å²) in [5.41, 5.74) is 0. The van der Waals surface area contributed by atoms with Crippen LogP contribution in [0.1, 0.15) is 64.7 Å². The molecule has 0 aromatic heterocycles. The van der Waals surface area contributed by atoms with Gasteiger partial charge in [-0.3, -0.25) is 14.4 Å². The average Bonchev–Trinajstić information content (AvgIpc) is 3.29. The monoisotopic (exact) mass is 437 g/mol. The number of amides is 3. The molecular weight excluding hydrogens is 402 g/mol. The Bertz CT molecular complexity index is 712. The molecule has 4 rings (SSSR count). The third-order valence-corrected chi connectivity index (χ3v) is 9.80. The van der Waals surface area contributed by atoms with Crippen LogP contribution >= 0.6 is 11.8 Å². The number of hydrogen-bond donors (Lipinski definition) is 3. The number of aliphatic hydroxyl groups excluding tert-OH is 1. The molecule has 3 saturated heterocycles. The van der Waals surface area contributed by atoms with E-state index in [1.807, 2.05) is 0 Å². The third-order valence-electron chi connectivity index (χ3n) is 7.81. The van der Waals surface area contributed by atoms with Gasteiger partial charge in [0.25, 0.3) is 0 Å². The summed E-state index contributed by atoms with van der Waals surface area (Å²) in [6, 6.07) is -0.345. The van der Waals surface area contributed by atoms with E-state index in [-0.39, 0.29) is 35.1 Å². The fraction of sp³-hybridized carbons (Fsp3) is 0.864. The van der Waals surface area contributed by atoms with Gasteiger partial charge in [0.05, 0.1) is 16.6 Å². The Morgan fingerprint density at radius 2 is 1.90 bits per heavy atom. The molecule has 7 nitrogen and oxygen atoms in total. The molecule has 0 aromatic rings. The smallest absolute Gasteiger partial charge is 0.244 e. The third kappa shape index (κ3) is 3.34. The van der Waals surface area contributed by atoms with Crippen LogP contribution in [0, 0.1) is 11.8 Å². The van der Waals surface area contributed by atoms with E-state index in [0.717, 1.165) is 38.5 Å². The van der Waals surface area contributed by atoms with Gasteiger partial charge in [0.1, 0.15) is 6.04 Å². The second-order valence-corrected chi connectivity index (χ2v) is 11.5. The van der Waals surface area contributed by atoms with E-state index in [1.165, 1.54) is 6.42 Å². The standard InChI is InChI=1S/C22H35N3O4S/c1-21-10-11-22(30-21)16(15(21)18(27)23-2)20(29)25(12-6-7-13-26)17(22)19(28)24-14-8-4-3-5-9-14/h14-17,26H,3-13H2,1-2H3,(H,23,27)(H,24,28)/t15-,16+,17?,21+,22?/m1/s1. The number of nitrogens with one attached hydrogen (secondary N) is 2. The van der Waals surface area contributed by atoms with Gasteiger partial charge in [0.15, 0.2) is 0 Å². The fourth-order valence-electron chi connectivity index (χ4n) is 6.44. The lowest BCUT2D eigenvalue weighted by atomic mass is 9.66. The lowest BCUT2D eigenvalue weighted by Gasteiger charge is -2.35. The quantitative estimate of drug-likeness (QED) is 0.524. The van der Waals surface area contributed by atoms with Crippen molar-refractivity contribution < 1.29 is 19.5 Å². The Balaban J connectivity index is 1.65. The maximum atomic E-state index is 13.6. The number of likely N-dealkylation sites (tertiary alicyclic amines) is 1. The normalized spacial score (nSPS) is 38.0. The summed E-state index contributed by atoms with van der Waals surface area (Å²) in [6.45, 7) is 2.62. The zero-order chi connectivity index (χ0) is 21.5. The molecular formula is C22H35N3O4S. The van der Waals surface area contributed by atoms with Crippen LogP contribution < -0.4 is 10.6 Å². The first-order valence-electron chi connectivity index (χ1n) is 11.5. The number of fused-ring (bicyclic) bond motifs is 1. The molecule has 2 bridgehead atoms. The first-order chi connectivity index (χ1) is 14.4. The molecule has 4 aliphatic rings. The minimum atomic E-state index is -0.530. The Labute approximate surface area is 183 Å². The molecule has 5 atom stereocenters. The molecule has 0 aromatic carbocycles. The van der Waals surface area contributed by atoms with Gasteiger partial charge in [-0.1, -0.05) is 19.3 Å². The highest BCUT2D eigenvalue weighted by Crippen LogP contribution is 2.71. The maximum Gasteiger partial charge on any atom is 0.244 e. The van der Waals surface area contributed by atoms with Crippen LogP contribution in [0.5, 0.6) is 0 Å². The van der Waals surface area contributed by atoms with Gasteiger partial charge in [0.2, 0.25) is 17.7 Å². The van der Waals surface area contributed by atoms with E-state index in [9.17, 15) is 19.5 Å². The number of thioether (sulfide) groups is 1. The molecule has 3 aliphatic heterocycles. The first-order valence-corrected chi connectivity index (χ1v) is 12.3. The van der Waals surface area contributed by atoms with Crippen LogP contribution in [0.2, 0.25) is 0 Å². The summed E-state index contributed by atoms with van der Waals surface area (Å²) in [7, 11) is 1.63. The molecule has 0 radical (unpaired) electrons. The number of unbranched alkanes of at least 4 members (excludes halogenated alkanes) is 1. The molecule has 30 heavy (non-hydrogen) atoms. The van der Waals surface area contributed by atoms with Crippen molar-refractivity contribution in [2.75, 3.05) is 20.2 Å². The Morgan fingerprint density at radius 1 is 1.17 bits per heavy atom. The van der Waals surface area contributed by atoms with Crippen molar-refractivity contribution in [1.82, 2.24) is 15.5 Å². The summed E-state index contributed by atoms with van der Waals surface area (Å²) in [6.07, 6.45) is 8.37. The van der Waals surface area contributed by atoms with Crippen molar-refractivity contribution in [3.63, 3.8) is 0 Å². The van der Waals surface area contributed by atoms with E-state index < -0.39 is 22.6 Å². The minimum Gasteiger partial charge on any atom is -0.396 e. The molecule has 3 N–H and O–H groups in total. The zero-order valence-corrected chi connectivity index (χ0v) is 18.9. The van der Waals surface area contributed by atoms with E-state index in [1.54, 1.807) is 23.7 Å². The molecule has 1 spiro atoms. The van der Waals surface area contributed by atoms with Crippen molar-refractivity contribution >= 4 is 29.5 Å². The van der Waals surface area contributed by atoms with Crippen molar-refractivity contribution in [2.45, 2.75) is 86.3 Å². The van der Waals surface area contributed by atoms with Crippen LogP contribution in [-0.2, 0) is 14.4 Å². The number of hydrogen-bond acceptors (Lipinski definition) is 5. The van der Waals surface area contributed by atoms with Crippen LogP contribution in [0.15, 0.2) is 0 Å². The molecule has 168 valence electrons. The molecule has 2 unspecified atom stereocenters. The van der Waals surface area contributed by atoms with Crippen molar-refractivity contribution in [3.8, 4) is 0 Å². The molecule has 8 heteroatoms. The minimum absolute atomic E-state index is 0.0453. The fourth-order valence-corrected chi connectivity index (χ4v) is 8.80. The molecule has 1 saturated carbocycles. The molecule has 1 aliphatic carbocycles. The van der Waals surface area contributed by atoms with Gasteiger partial charge < -0.3 is 20.6 Å². The number of aliphatic hydroxyl groups is 1. The van der Waals surface area contributed by atoms with E-state index in [0.29, 0.717) is 19.4 Å². The lowest BCUT2D eigenvalue weighted by molar-refractivity contribution is -0.140. The van der Waals surface area contributed by atoms with E-state index in [2.05, 4.69) is 17.6 Å². The van der Waals surface area contributed by atoms with Gasteiger partial charge in [-0.05, 0) is 45.4 Å². The van der Waals surface area contributed by atoms with Gasteiger partial charge in [-0.25, -0.2) is 0 Å². The molecule has 3 heterocycles. The second kappa shape index (κ2) is 8.34. The molecule has 3 amide bonds. The van der Waals surface area contributed by atoms with Crippen LogP contribution in [0.25, 0.3) is 0 Å². The second-order valence-electron chi connectivity index (χ2n) is 9.65. The van der Waals surface area contributed by atoms with E-state index >= 15 is 0 Å². The zero-order valence-electron chi connectivity index (χ0n) is 18.1. The topological polar surface area (TPSA) is 98.7 Å². The van der Waals surface area contributed by atoms with Crippen molar-refractivity contribution in [2.24, 2.45) is 11.8 Å². The summed E-state index contributed by atoms with van der Waals surface area (Å²) < 4.78 is -0.831. The van der Waals surface area contributed by atoms with Crippen LogP contribution in [0.3, 0.4) is 0 Å². The van der Waals surface area contributed by atoms with Gasteiger partial charge in [-0.15, -0.1) is 11.8 Å². The number of carbonyl (C=O) groups is 3. The number of nitrogens with zero attached hydrogens (tertiary/aromatic N) is 1. The van der Waals surface area contributed by atoms with Gasteiger partial charge in [-0.2, -0.15) is 0 Å².